The largest absolute Gasteiger partial charge is 0.468 e. The highest BCUT2D eigenvalue weighted by Gasteiger charge is 2.24. The SMILES string of the molecule is CC1CN(Cc2occc2CN)C(C)CO1. The molecule has 4 nitrogen and oxygen atoms in total. The first-order valence-corrected chi connectivity index (χ1v) is 5.81. The molecule has 0 aromatic carbocycles. The molecule has 1 fully saturated rings. The molecule has 1 aromatic heterocycles. The van der Waals surface area contributed by atoms with Crippen LogP contribution in [0.15, 0.2) is 16.7 Å². The van der Waals surface area contributed by atoms with Crippen LogP contribution in [0.25, 0.3) is 0 Å². The molecule has 4 heteroatoms. The van der Waals surface area contributed by atoms with Gasteiger partial charge < -0.3 is 14.9 Å². The minimum absolute atomic E-state index is 0.299. The molecule has 0 saturated carbocycles. The molecule has 2 N–H and O–H groups in total. The lowest BCUT2D eigenvalue weighted by Crippen LogP contribution is -2.46. The van der Waals surface area contributed by atoms with Crippen LogP contribution in [0.1, 0.15) is 25.2 Å². The van der Waals surface area contributed by atoms with Crippen molar-refractivity contribution in [2.45, 2.75) is 39.1 Å². The molecule has 1 aliphatic heterocycles. The number of hydrogen-bond acceptors (Lipinski definition) is 4. The number of ether oxygens (including phenoxy) is 1. The summed E-state index contributed by atoms with van der Waals surface area (Å²) in [6.07, 6.45) is 2.01. The topological polar surface area (TPSA) is 51.6 Å². The molecule has 0 bridgehead atoms. The van der Waals surface area contributed by atoms with Gasteiger partial charge in [0.25, 0.3) is 0 Å². The van der Waals surface area contributed by atoms with Crippen LogP contribution in [0.2, 0.25) is 0 Å². The summed E-state index contributed by atoms with van der Waals surface area (Å²) in [7, 11) is 0. The first-order chi connectivity index (χ1) is 7.70. The zero-order valence-electron chi connectivity index (χ0n) is 9.98. The molecule has 1 aromatic rings. The Hall–Kier alpha value is -0.840. The molecule has 0 aliphatic carbocycles. The Balaban J connectivity index is 2.02. The third-order valence-electron chi connectivity index (χ3n) is 3.14. The lowest BCUT2D eigenvalue weighted by molar-refractivity contribution is -0.0546. The van der Waals surface area contributed by atoms with Crippen LogP contribution in [-0.2, 0) is 17.8 Å². The number of rotatable bonds is 3. The maximum Gasteiger partial charge on any atom is 0.122 e. The van der Waals surface area contributed by atoms with Gasteiger partial charge in [-0.15, -0.1) is 0 Å². The Morgan fingerprint density at radius 3 is 3.06 bits per heavy atom. The summed E-state index contributed by atoms with van der Waals surface area (Å²) in [6, 6.07) is 2.39. The lowest BCUT2D eigenvalue weighted by atomic mass is 10.1. The van der Waals surface area contributed by atoms with E-state index in [4.69, 9.17) is 14.9 Å². The van der Waals surface area contributed by atoms with E-state index in [1.54, 1.807) is 6.26 Å². The van der Waals surface area contributed by atoms with Gasteiger partial charge in [-0.1, -0.05) is 0 Å². The Morgan fingerprint density at radius 1 is 1.50 bits per heavy atom. The fourth-order valence-electron chi connectivity index (χ4n) is 2.06. The van der Waals surface area contributed by atoms with Crippen molar-refractivity contribution in [1.29, 1.82) is 0 Å². The van der Waals surface area contributed by atoms with Gasteiger partial charge in [0.1, 0.15) is 5.76 Å². The van der Waals surface area contributed by atoms with Crippen molar-refractivity contribution in [3.63, 3.8) is 0 Å². The maximum atomic E-state index is 5.66. The number of morpholine rings is 1. The van der Waals surface area contributed by atoms with Crippen LogP contribution in [-0.4, -0.2) is 30.2 Å². The van der Waals surface area contributed by atoms with Gasteiger partial charge in [0.05, 0.1) is 25.5 Å². The molecule has 0 amide bonds. The second kappa shape index (κ2) is 4.99. The van der Waals surface area contributed by atoms with Gasteiger partial charge in [-0.05, 0) is 19.9 Å². The predicted molar refractivity (Wildman–Crippen MR) is 61.9 cm³/mol. The van der Waals surface area contributed by atoms with E-state index >= 15 is 0 Å². The van der Waals surface area contributed by atoms with E-state index in [0.717, 1.165) is 31.0 Å². The highest BCUT2D eigenvalue weighted by Crippen LogP contribution is 2.18. The molecular formula is C12H20N2O2. The molecule has 2 rings (SSSR count). The van der Waals surface area contributed by atoms with Crippen molar-refractivity contribution < 1.29 is 9.15 Å². The monoisotopic (exact) mass is 224 g/mol. The minimum atomic E-state index is 0.299. The van der Waals surface area contributed by atoms with Gasteiger partial charge in [-0.25, -0.2) is 0 Å². The molecule has 0 radical (unpaired) electrons. The van der Waals surface area contributed by atoms with E-state index in [2.05, 4.69) is 18.7 Å². The second-order valence-electron chi connectivity index (χ2n) is 4.50. The molecule has 2 atom stereocenters. The van der Waals surface area contributed by atoms with Crippen LogP contribution in [0, 0.1) is 0 Å². The second-order valence-corrected chi connectivity index (χ2v) is 4.50. The van der Waals surface area contributed by atoms with Crippen LogP contribution in [0.5, 0.6) is 0 Å². The van der Waals surface area contributed by atoms with E-state index in [0.29, 0.717) is 18.7 Å². The summed E-state index contributed by atoms with van der Waals surface area (Å²) >= 11 is 0. The van der Waals surface area contributed by atoms with Crippen LogP contribution >= 0.6 is 0 Å². The third kappa shape index (κ3) is 2.45. The molecule has 1 saturated heterocycles. The first kappa shape index (κ1) is 11.6. The minimum Gasteiger partial charge on any atom is -0.468 e. The first-order valence-electron chi connectivity index (χ1n) is 5.81. The Bertz CT molecular complexity index is 338. The highest BCUT2D eigenvalue weighted by molar-refractivity contribution is 5.16. The van der Waals surface area contributed by atoms with E-state index in [9.17, 15) is 0 Å². The summed E-state index contributed by atoms with van der Waals surface area (Å²) in [5, 5.41) is 0. The maximum absolute atomic E-state index is 5.66. The van der Waals surface area contributed by atoms with Crippen LogP contribution in [0.4, 0.5) is 0 Å². The highest BCUT2D eigenvalue weighted by atomic mass is 16.5. The Kier molecular flexibility index (Phi) is 3.63. The standard InChI is InChI=1S/C12H20N2O2/c1-9-8-16-10(2)6-14(9)7-12-11(5-13)3-4-15-12/h3-4,9-10H,5-8,13H2,1-2H3. The van der Waals surface area contributed by atoms with Crippen molar-refractivity contribution in [2.24, 2.45) is 5.73 Å². The zero-order valence-corrected chi connectivity index (χ0v) is 9.98. The van der Waals surface area contributed by atoms with E-state index in [1.807, 2.05) is 6.07 Å². The molecule has 16 heavy (non-hydrogen) atoms. The summed E-state index contributed by atoms with van der Waals surface area (Å²) in [5.41, 5.74) is 6.76. The van der Waals surface area contributed by atoms with Crippen molar-refractivity contribution in [3.05, 3.63) is 23.7 Å². The van der Waals surface area contributed by atoms with Crippen molar-refractivity contribution in [1.82, 2.24) is 4.90 Å². The molecule has 2 unspecified atom stereocenters. The average molecular weight is 224 g/mol. The van der Waals surface area contributed by atoms with E-state index in [-0.39, 0.29) is 0 Å². The summed E-state index contributed by atoms with van der Waals surface area (Å²) in [6.45, 7) is 7.39. The van der Waals surface area contributed by atoms with Crippen molar-refractivity contribution >= 4 is 0 Å². The van der Waals surface area contributed by atoms with Crippen LogP contribution in [0.3, 0.4) is 0 Å². The molecular weight excluding hydrogens is 204 g/mol. The summed E-state index contributed by atoms with van der Waals surface area (Å²) in [5.74, 6) is 0.989. The average Bonchev–Trinajstić information content (AvgIpc) is 2.71. The number of nitrogens with zero attached hydrogens (tertiary/aromatic N) is 1. The Morgan fingerprint density at radius 2 is 2.31 bits per heavy atom. The molecule has 2 heterocycles. The van der Waals surface area contributed by atoms with Gasteiger partial charge in [0, 0.05) is 24.7 Å². The van der Waals surface area contributed by atoms with Gasteiger partial charge in [0.15, 0.2) is 0 Å². The summed E-state index contributed by atoms with van der Waals surface area (Å²) < 4.78 is 11.1. The third-order valence-corrected chi connectivity index (χ3v) is 3.14. The van der Waals surface area contributed by atoms with Gasteiger partial charge in [0.2, 0.25) is 0 Å². The normalized spacial score (nSPS) is 27.2. The zero-order chi connectivity index (χ0) is 11.5. The van der Waals surface area contributed by atoms with Gasteiger partial charge >= 0.3 is 0 Å². The fraction of sp³-hybridized carbons (Fsp3) is 0.667. The van der Waals surface area contributed by atoms with Crippen molar-refractivity contribution in [3.8, 4) is 0 Å². The summed E-state index contributed by atoms with van der Waals surface area (Å²) in [4.78, 5) is 2.38. The molecule has 1 aliphatic rings. The van der Waals surface area contributed by atoms with Gasteiger partial charge in [-0.3, -0.25) is 4.90 Å². The van der Waals surface area contributed by atoms with Gasteiger partial charge in [-0.2, -0.15) is 0 Å². The molecule has 0 spiro atoms. The number of hydrogen-bond donors (Lipinski definition) is 1. The smallest absolute Gasteiger partial charge is 0.122 e. The number of nitrogens with two attached hydrogens (primary N) is 1. The van der Waals surface area contributed by atoms with Crippen molar-refractivity contribution in [2.75, 3.05) is 13.2 Å². The quantitative estimate of drug-likeness (QED) is 0.842. The van der Waals surface area contributed by atoms with E-state index in [1.165, 1.54) is 0 Å². The number of furan rings is 1. The Labute approximate surface area is 96.4 Å². The fourth-order valence-corrected chi connectivity index (χ4v) is 2.06. The van der Waals surface area contributed by atoms with Crippen LogP contribution < -0.4 is 5.73 Å². The molecule has 90 valence electrons. The predicted octanol–water partition coefficient (Wildman–Crippen LogP) is 1.35. The lowest BCUT2D eigenvalue weighted by Gasteiger charge is -2.36. The van der Waals surface area contributed by atoms with E-state index < -0.39 is 0 Å².